The molecule has 0 fully saturated rings. The third-order valence-electron chi connectivity index (χ3n) is 3.76. The summed E-state index contributed by atoms with van der Waals surface area (Å²) in [4.78, 5) is 12.9. The van der Waals surface area contributed by atoms with E-state index >= 15 is 0 Å². The van der Waals surface area contributed by atoms with E-state index in [0.29, 0.717) is 12.2 Å². The van der Waals surface area contributed by atoms with E-state index in [1.165, 1.54) is 47.9 Å². The summed E-state index contributed by atoms with van der Waals surface area (Å²) in [5, 5.41) is 0. The van der Waals surface area contributed by atoms with Crippen molar-refractivity contribution in [1.29, 1.82) is 0 Å². The highest BCUT2D eigenvalue weighted by Crippen LogP contribution is 2.24. The highest BCUT2D eigenvalue weighted by atomic mass is 32.2. The summed E-state index contributed by atoms with van der Waals surface area (Å²) in [5.41, 5.74) is 3.93. The number of carbonyl (C=O) groups is 1. The van der Waals surface area contributed by atoms with Gasteiger partial charge in [0.25, 0.3) is 0 Å². The number of carbonyl (C=O) groups excluding carboxylic acids is 1. The van der Waals surface area contributed by atoms with Crippen LogP contribution in [-0.2, 0) is 24.1 Å². The number of aryl methyl sites for hydroxylation is 2. The molecule has 0 unspecified atom stereocenters. The number of ketones is 1. The lowest BCUT2D eigenvalue weighted by Gasteiger charge is -2.05. The summed E-state index contributed by atoms with van der Waals surface area (Å²) in [6, 6.07) is 12.8. The number of hydrogen-bond acceptors (Lipinski definition) is 2. The van der Waals surface area contributed by atoms with Gasteiger partial charge in [0, 0.05) is 11.3 Å². The molecule has 2 aromatic carbocycles. The molecule has 108 valence electrons. The molecule has 0 N–H and O–H groups in total. The first-order chi connectivity index (χ1) is 10.2. The van der Waals surface area contributed by atoms with Crippen LogP contribution in [0.5, 0.6) is 0 Å². The highest BCUT2D eigenvalue weighted by Gasteiger charge is 2.12. The Balaban J connectivity index is 1.57. The second-order valence-electron chi connectivity index (χ2n) is 5.42. The maximum Gasteiger partial charge on any atom is 0.147 e. The molecule has 0 aromatic heterocycles. The summed E-state index contributed by atoms with van der Waals surface area (Å²) in [5.74, 6) is 0.314. The van der Waals surface area contributed by atoms with Gasteiger partial charge in [-0.3, -0.25) is 4.79 Å². The minimum Gasteiger partial charge on any atom is -0.298 e. The van der Waals surface area contributed by atoms with Gasteiger partial charge in [-0.1, -0.05) is 24.3 Å². The van der Waals surface area contributed by atoms with Crippen LogP contribution in [0.4, 0.5) is 4.39 Å². The van der Waals surface area contributed by atoms with Gasteiger partial charge in [0.2, 0.25) is 0 Å². The first-order valence-electron chi connectivity index (χ1n) is 7.21. The van der Waals surface area contributed by atoms with Gasteiger partial charge in [-0.15, -0.1) is 11.8 Å². The predicted octanol–water partition coefficient (Wildman–Crippen LogP) is 4.22. The van der Waals surface area contributed by atoms with Crippen molar-refractivity contribution in [3.8, 4) is 0 Å². The van der Waals surface area contributed by atoms with Crippen molar-refractivity contribution in [1.82, 2.24) is 0 Å². The molecular weight excluding hydrogens is 283 g/mol. The molecule has 1 aliphatic rings. The maximum absolute atomic E-state index is 13.1. The Bertz CT molecular complexity index is 666. The van der Waals surface area contributed by atoms with Crippen LogP contribution in [0.3, 0.4) is 0 Å². The highest BCUT2D eigenvalue weighted by molar-refractivity contribution is 8.00. The SMILES string of the molecule is O=C(CSc1cccc(F)c1)Cc1ccc2c(c1)CCC2. The molecule has 0 saturated heterocycles. The average molecular weight is 300 g/mol. The number of fused-ring (bicyclic) bond motifs is 1. The number of rotatable bonds is 5. The Hall–Kier alpha value is -1.61. The van der Waals surface area contributed by atoms with Crippen molar-refractivity contribution >= 4 is 17.5 Å². The van der Waals surface area contributed by atoms with E-state index in [0.717, 1.165) is 16.9 Å². The van der Waals surface area contributed by atoms with Gasteiger partial charge in [0.1, 0.15) is 11.6 Å². The minimum absolute atomic E-state index is 0.183. The van der Waals surface area contributed by atoms with Crippen LogP contribution < -0.4 is 0 Å². The summed E-state index contributed by atoms with van der Waals surface area (Å²) in [6.45, 7) is 0. The monoisotopic (exact) mass is 300 g/mol. The zero-order chi connectivity index (χ0) is 14.7. The molecule has 0 atom stereocenters. The second kappa shape index (κ2) is 6.44. The molecule has 0 heterocycles. The fraction of sp³-hybridized carbons (Fsp3) is 0.278. The predicted molar refractivity (Wildman–Crippen MR) is 84.3 cm³/mol. The summed E-state index contributed by atoms with van der Waals surface area (Å²) >= 11 is 1.40. The molecule has 0 spiro atoms. The van der Waals surface area contributed by atoms with Crippen LogP contribution in [-0.4, -0.2) is 11.5 Å². The Morgan fingerprint density at radius 2 is 1.95 bits per heavy atom. The fourth-order valence-electron chi connectivity index (χ4n) is 2.73. The van der Waals surface area contributed by atoms with Crippen LogP contribution in [0.1, 0.15) is 23.1 Å². The number of Topliss-reactive ketones (excluding diaryl/α,β-unsaturated/α-hetero) is 1. The molecule has 3 rings (SSSR count). The number of hydrogen-bond donors (Lipinski definition) is 0. The van der Waals surface area contributed by atoms with Gasteiger partial charge >= 0.3 is 0 Å². The van der Waals surface area contributed by atoms with Crippen molar-refractivity contribution in [3.05, 3.63) is 65.0 Å². The van der Waals surface area contributed by atoms with E-state index < -0.39 is 0 Å². The van der Waals surface area contributed by atoms with Gasteiger partial charge in [-0.25, -0.2) is 4.39 Å². The Labute approximate surface area is 128 Å². The van der Waals surface area contributed by atoms with Gasteiger partial charge in [-0.05, 0) is 54.2 Å². The van der Waals surface area contributed by atoms with Crippen LogP contribution in [0.15, 0.2) is 47.4 Å². The molecule has 1 aliphatic carbocycles. The lowest BCUT2D eigenvalue weighted by atomic mass is 10.0. The number of benzene rings is 2. The largest absolute Gasteiger partial charge is 0.298 e. The minimum atomic E-state index is -0.258. The molecule has 0 radical (unpaired) electrons. The van der Waals surface area contributed by atoms with Crippen molar-refractivity contribution in [3.63, 3.8) is 0 Å². The molecule has 1 nitrogen and oxygen atoms in total. The van der Waals surface area contributed by atoms with Gasteiger partial charge in [-0.2, -0.15) is 0 Å². The summed E-state index contributed by atoms with van der Waals surface area (Å²) in [6.07, 6.45) is 3.99. The second-order valence-corrected chi connectivity index (χ2v) is 6.47. The van der Waals surface area contributed by atoms with E-state index in [4.69, 9.17) is 0 Å². The van der Waals surface area contributed by atoms with Crippen LogP contribution in [0.25, 0.3) is 0 Å². The van der Waals surface area contributed by atoms with Gasteiger partial charge < -0.3 is 0 Å². The normalized spacial score (nSPS) is 13.2. The van der Waals surface area contributed by atoms with Crippen molar-refractivity contribution in [2.45, 2.75) is 30.6 Å². The Morgan fingerprint density at radius 3 is 2.81 bits per heavy atom. The molecule has 0 amide bonds. The Kier molecular flexibility index (Phi) is 4.39. The first kappa shape index (κ1) is 14.3. The first-order valence-corrected chi connectivity index (χ1v) is 8.20. The molecule has 0 saturated carbocycles. The molecule has 0 aliphatic heterocycles. The third-order valence-corrected chi connectivity index (χ3v) is 4.81. The molecule has 21 heavy (non-hydrogen) atoms. The third kappa shape index (κ3) is 3.73. The van der Waals surface area contributed by atoms with E-state index in [1.807, 2.05) is 6.07 Å². The van der Waals surface area contributed by atoms with Crippen molar-refractivity contribution in [2.75, 3.05) is 5.75 Å². The quantitative estimate of drug-likeness (QED) is 0.769. The summed E-state index contributed by atoms with van der Waals surface area (Å²) in [7, 11) is 0. The lowest BCUT2D eigenvalue weighted by molar-refractivity contribution is -0.116. The molecule has 0 bridgehead atoms. The maximum atomic E-state index is 13.1. The molecule has 2 aromatic rings. The topological polar surface area (TPSA) is 17.1 Å². The lowest BCUT2D eigenvalue weighted by Crippen LogP contribution is -2.06. The van der Waals surface area contributed by atoms with E-state index in [-0.39, 0.29) is 11.6 Å². The van der Waals surface area contributed by atoms with Crippen LogP contribution >= 0.6 is 11.8 Å². The zero-order valence-corrected chi connectivity index (χ0v) is 12.6. The fourth-order valence-corrected chi connectivity index (χ4v) is 3.53. The van der Waals surface area contributed by atoms with E-state index in [9.17, 15) is 9.18 Å². The number of thioether (sulfide) groups is 1. The van der Waals surface area contributed by atoms with E-state index in [2.05, 4.69) is 18.2 Å². The zero-order valence-electron chi connectivity index (χ0n) is 11.8. The molecule has 3 heteroatoms. The van der Waals surface area contributed by atoms with Crippen LogP contribution in [0.2, 0.25) is 0 Å². The van der Waals surface area contributed by atoms with E-state index in [1.54, 1.807) is 6.07 Å². The molecular formula is C18H17FOS. The summed E-state index contributed by atoms with van der Waals surface area (Å²) < 4.78 is 13.1. The standard InChI is InChI=1S/C18H17FOS/c19-16-5-2-6-18(11-16)21-12-17(20)10-13-7-8-14-3-1-4-15(14)9-13/h2,5-9,11H,1,3-4,10,12H2. The van der Waals surface area contributed by atoms with Gasteiger partial charge in [0.15, 0.2) is 0 Å². The van der Waals surface area contributed by atoms with Crippen molar-refractivity contribution in [2.24, 2.45) is 0 Å². The average Bonchev–Trinajstić information content (AvgIpc) is 2.93. The Morgan fingerprint density at radius 1 is 1.10 bits per heavy atom. The smallest absolute Gasteiger partial charge is 0.147 e. The number of halogens is 1. The van der Waals surface area contributed by atoms with Gasteiger partial charge in [0.05, 0.1) is 5.75 Å². The van der Waals surface area contributed by atoms with Crippen molar-refractivity contribution < 1.29 is 9.18 Å². The van der Waals surface area contributed by atoms with Crippen LogP contribution in [0, 0.1) is 5.82 Å².